The third-order valence-electron chi connectivity index (χ3n) is 1.16. The highest BCUT2D eigenvalue weighted by Gasteiger charge is 2.07. The Kier molecular flexibility index (Phi) is 3.78. The van der Waals surface area contributed by atoms with Crippen molar-refractivity contribution in [1.82, 2.24) is 0 Å². The highest BCUT2D eigenvalue weighted by molar-refractivity contribution is 6.40. The first-order valence-electron chi connectivity index (χ1n) is 2.98. The van der Waals surface area contributed by atoms with E-state index in [0.29, 0.717) is 20.8 Å². The largest absolute Gasteiger partial charge is 0.475 e. The number of hydrogen-bond donors (Lipinski definition) is 0. The molecular formula is C7H4Cl4O. The molecule has 0 heterocycles. The average Bonchev–Trinajstić information content (AvgIpc) is 1.96. The Morgan fingerprint density at radius 2 is 1.58 bits per heavy atom. The monoisotopic (exact) mass is 244 g/mol. The second-order valence-electron chi connectivity index (χ2n) is 1.95. The molecule has 0 saturated carbocycles. The van der Waals surface area contributed by atoms with Gasteiger partial charge < -0.3 is 4.74 Å². The quantitative estimate of drug-likeness (QED) is 0.709. The molecule has 12 heavy (non-hydrogen) atoms. The number of rotatable bonds is 2. The van der Waals surface area contributed by atoms with Gasteiger partial charge in [-0.3, -0.25) is 0 Å². The Hall–Kier alpha value is 0.180. The summed E-state index contributed by atoms with van der Waals surface area (Å²) in [6, 6.07) is 3.08. The van der Waals surface area contributed by atoms with Gasteiger partial charge in [0.2, 0.25) is 0 Å². The van der Waals surface area contributed by atoms with Crippen LogP contribution < -0.4 is 4.74 Å². The van der Waals surface area contributed by atoms with E-state index in [9.17, 15) is 0 Å². The molecular weight excluding hydrogens is 242 g/mol. The second kappa shape index (κ2) is 4.43. The van der Waals surface area contributed by atoms with E-state index in [1.807, 2.05) is 0 Å². The summed E-state index contributed by atoms with van der Waals surface area (Å²) in [5.41, 5.74) is 0. The van der Waals surface area contributed by atoms with E-state index in [1.54, 1.807) is 0 Å². The molecule has 0 aliphatic heterocycles. The summed E-state index contributed by atoms with van der Waals surface area (Å²) in [5.74, 6) is 0.359. The summed E-state index contributed by atoms with van der Waals surface area (Å²) >= 11 is 22.5. The number of benzene rings is 1. The first-order valence-corrected chi connectivity index (χ1v) is 4.65. The van der Waals surface area contributed by atoms with Gasteiger partial charge in [-0.05, 0) is 12.1 Å². The fourth-order valence-corrected chi connectivity index (χ4v) is 1.76. The maximum atomic E-state index is 5.76. The molecule has 0 radical (unpaired) electrons. The van der Waals surface area contributed by atoms with E-state index in [2.05, 4.69) is 0 Å². The Morgan fingerprint density at radius 1 is 1.08 bits per heavy atom. The molecule has 66 valence electrons. The molecule has 5 heteroatoms. The van der Waals surface area contributed by atoms with Gasteiger partial charge in [0.15, 0.2) is 11.8 Å². The minimum Gasteiger partial charge on any atom is -0.475 e. The van der Waals surface area contributed by atoms with E-state index in [1.165, 1.54) is 12.1 Å². The van der Waals surface area contributed by atoms with Crippen molar-refractivity contribution in [3.05, 3.63) is 27.2 Å². The van der Waals surface area contributed by atoms with Gasteiger partial charge in [-0.25, -0.2) is 0 Å². The minimum absolute atomic E-state index is 0.00106. The molecule has 0 atom stereocenters. The van der Waals surface area contributed by atoms with E-state index < -0.39 is 0 Å². The normalized spacial score (nSPS) is 10.0. The predicted octanol–water partition coefficient (Wildman–Crippen LogP) is 4.22. The van der Waals surface area contributed by atoms with Crippen LogP contribution >= 0.6 is 46.4 Å². The van der Waals surface area contributed by atoms with Crippen LogP contribution in [0.3, 0.4) is 0 Å². The van der Waals surface area contributed by atoms with E-state index >= 15 is 0 Å². The van der Waals surface area contributed by atoms with Crippen LogP contribution in [-0.2, 0) is 0 Å². The van der Waals surface area contributed by atoms with Gasteiger partial charge in [-0.15, -0.1) is 0 Å². The summed E-state index contributed by atoms with van der Waals surface area (Å²) < 4.78 is 4.97. The van der Waals surface area contributed by atoms with Crippen LogP contribution in [0, 0.1) is 0 Å². The van der Waals surface area contributed by atoms with Crippen LogP contribution in [0.5, 0.6) is 5.75 Å². The van der Waals surface area contributed by atoms with Crippen LogP contribution in [0.2, 0.25) is 15.1 Å². The van der Waals surface area contributed by atoms with Gasteiger partial charge in [-0.1, -0.05) is 46.4 Å². The van der Waals surface area contributed by atoms with Crippen LogP contribution in [0.15, 0.2) is 12.1 Å². The van der Waals surface area contributed by atoms with Gasteiger partial charge in [0.25, 0.3) is 0 Å². The van der Waals surface area contributed by atoms with Crippen molar-refractivity contribution in [3.8, 4) is 5.75 Å². The lowest BCUT2D eigenvalue weighted by atomic mass is 10.3. The summed E-state index contributed by atoms with van der Waals surface area (Å²) in [6.07, 6.45) is 0. The topological polar surface area (TPSA) is 9.23 Å². The van der Waals surface area contributed by atoms with E-state index in [-0.39, 0.29) is 6.07 Å². The van der Waals surface area contributed by atoms with Crippen molar-refractivity contribution in [1.29, 1.82) is 0 Å². The second-order valence-corrected chi connectivity index (χ2v) is 3.42. The smallest absolute Gasteiger partial charge is 0.162 e. The lowest BCUT2D eigenvalue weighted by molar-refractivity contribution is 0.388. The Morgan fingerprint density at radius 3 is 2.00 bits per heavy atom. The highest BCUT2D eigenvalue weighted by Crippen LogP contribution is 2.35. The van der Waals surface area contributed by atoms with Crippen LogP contribution in [0.1, 0.15) is 0 Å². The van der Waals surface area contributed by atoms with Gasteiger partial charge in [-0.2, -0.15) is 0 Å². The number of ether oxygens (including phenoxy) is 1. The van der Waals surface area contributed by atoms with Gasteiger partial charge in [0, 0.05) is 5.02 Å². The zero-order valence-corrected chi connectivity index (χ0v) is 8.81. The number of alkyl halides is 1. The fourth-order valence-electron chi connectivity index (χ4n) is 0.721. The van der Waals surface area contributed by atoms with E-state index in [4.69, 9.17) is 51.1 Å². The summed E-state index contributed by atoms with van der Waals surface area (Å²) in [6.45, 7) is 0. The standard InChI is InChI=1S/C7H4Cl4O/c8-3-12-7-5(10)1-4(9)2-6(7)11/h1-2H,3H2. The molecule has 0 amide bonds. The molecule has 1 nitrogen and oxygen atoms in total. The molecule has 0 aliphatic carbocycles. The minimum atomic E-state index is 0.00106. The third-order valence-corrected chi connectivity index (χ3v) is 2.05. The zero-order valence-electron chi connectivity index (χ0n) is 5.78. The van der Waals surface area contributed by atoms with Crippen LogP contribution in [0.25, 0.3) is 0 Å². The molecule has 0 fully saturated rings. The summed E-state index contributed by atoms with van der Waals surface area (Å²) in [4.78, 5) is 0. The fraction of sp³-hybridized carbons (Fsp3) is 0.143. The van der Waals surface area contributed by atoms with Crippen LogP contribution in [-0.4, -0.2) is 6.07 Å². The lowest BCUT2D eigenvalue weighted by Crippen LogP contribution is -1.90. The summed E-state index contributed by atoms with van der Waals surface area (Å²) in [7, 11) is 0. The first-order chi connectivity index (χ1) is 5.65. The van der Waals surface area contributed by atoms with Crippen molar-refractivity contribution in [2.75, 3.05) is 6.07 Å². The molecule has 0 N–H and O–H groups in total. The molecule has 0 aromatic heterocycles. The molecule has 0 spiro atoms. The van der Waals surface area contributed by atoms with Gasteiger partial charge in [0.1, 0.15) is 0 Å². The van der Waals surface area contributed by atoms with Crippen molar-refractivity contribution in [2.45, 2.75) is 0 Å². The maximum Gasteiger partial charge on any atom is 0.162 e. The Bertz CT molecular complexity index is 264. The molecule has 0 saturated heterocycles. The van der Waals surface area contributed by atoms with Gasteiger partial charge >= 0.3 is 0 Å². The van der Waals surface area contributed by atoms with Crippen molar-refractivity contribution < 1.29 is 4.74 Å². The molecule has 1 aromatic rings. The average molecular weight is 246 g/mol. The molecule has 0 aliphatic rings. The summed E-state index contributed by atoms with van der Waals surface area (Å²) in [5, 5.41) is 1.17. The van der Waals surface area contributed by atoms with E-state index in [0.717, 1.165) is 0 Å². The maximum absolute atomic E-state index is 5.76. The third kappa shape index (κ3) is 2.33. The zero-order chi connectivity index (χ0) is 9.14. The van der Waals surface area contributed by atoms with Crippen molar-refractivity contribution in [2.24, 2.45) is 0 Å². The Balaban J connectivity index is 3.10. The van der Waals surface area contributed by atoms with Crippen LogP contribution in [0.4, 0.5) is 0 Å². The number of halogens is 4. The number of hydrogen-bond acceptors (Lipinski definition) is 1. The van der Waals surface area contributed by atoms with Gasteiger partial charge in [0.05, 0.1) is 10.0 Å². The SMILES string of the molecule is ClCOc1c(Cl)cc(Cl)cc1Cl. The first kappa shape index (κ1) is 10.3. The molecule has 1 rings (SSSR count). The van der Waals surface area contributed by atoms with Crippen molar-refractivity contribution in [3.63, 3.8) is 0 Å². The molecule has 0 unspecified atom stereocenters. The predicted molar refractivity (Wildman–Crippen MR) is 52.8 cm³/mol. The molecule has 1 aromatic carbocycles. The van der Waals surface area contributed by atoms with Crippen molar-refractivity contribution >= 4 is 46.4 Å². The molecule has 0 bridgehead atoms. The highest BCUT2D eigenvalue weighted by atomic mass is 35.5. The Labute approximate surface area is 90.1 Å². The lowest BCUT2D eigenvalue weighted by Gasteiger charge is -2.06.